The van der Waals surface area contributed by atoms with E-state index in [0.29, 0.717) is 11.1 Å². The molecule has 1 saturated heterocycles. The molecule has 1 aromatic carbocycles. The fraction of sp³-hybridized carbons (Fsp3) is 0.304. The lowest BCUT2D eigenvalue weighted by molar-refractivity contribution is 0.226. The molecule has 5 rings (SSSR count). The predicted molar refractivity (Wildman–Crippen MR) is 119 cm³/mol. The first-order valence-corrected chi connectivity index (χ1v) is 11.3. The topological polar surface area (TPSA) is 41.6 Å². The van der Waals surface area contributed by atoms with E-state index in [4.69, 9.17) is 21.0 Å². The Kier molecular flexibility index (Phi) is 4.88. The molecular weight excluding hydrogens is 402 g/mol. The Hall–Kier alpha value is -2.24. The van der Waals surface area contributed by atoms with E-state index < -0.39 is 0 Å². The van der Waals surface area contributed by atoms with Crippen molar-refractivity contribution in [3.63, 3.8) is 0 Å². The summed E-state index contributed by atoms with van der Waals surface area (Å²) >= 11 is 8.07. The van der Waals surface area contributed by atoms with Crippen LogP contribution in [-0.2, 0) is 0 Å². The van der Waals surface area contributed by atoms with Crippen molar-refractivity contribution >= 4 is 28.5 Å². The average Bonchev–Trinajstić information content (AvgIpc) is 3.45. The molecule has 4 nitrogen and oxygen atoms in total. The third-order valence-electron chi connectivity index (χ3n) is 5.71. The van der Waals surface area contributed by atoms with Gasteiger partial charge in [0.15, 0.2) is 5.17 Å². The lowest BCUT2D eigenvalue weighted by Crippen LogP contribution is -2.35. The van der Waals surface area contributed by atoms with Crippen LogP contribution in [0, 0.1) is 6.92 Å². The largest absolute Gasteiger partial charge is 0.459 e. The average molecular weight is 424 g/mol. The smallest absolute Gasteiger partial charge is 0.161 e. The molecule has 0 N–H and O–H groups in total. The minimum Gasteiger partial charge on any atom is -0.459 e. The first-order valence-electron chi connectivity index (χ1n) is 9.92. The summed E-state index contributed by atoms with van der Waals surface area (Å²) in [7, 11) is 0. The molecule has 3 atom stereocenters. The Labute approximate surface area is 180 Å². The van der Waals surface area contributed by atoms with Gasteiger partial charge in [-0.2, -0.15) is 0 Å². The van der Waals surface area contributed by atoms with Gasteiger partial charge in [0, 0.05) is 28.6 Å². The molecule has 2 aliphatic rings. The summed E-state index contributed by atoms with van der Waals surface area (Å²) in [4.78, 5) is 12.1. The molecule has 0 saturated carbocycles. The number of pyridine rings is 1. The molecule has 148 valence electrons. The Bertz CT molecular complexity index is 1060. The second kappa shape index (κ2) is 7.54. The van der Waals surface area contributed by atoms with Crippen LogP contribution in [0.1, 0.15) is 42.4 Å². The van der Waals surface area contributed by atoms with E-state index in [1.807, 2.05) is 54.4 Å². The monoisotopic (exact) mass is 423 g/mol. The van der Waals surface area contributed by atoms with Crippen molar-refractivity contribution < 1.29 is 4.42 Å². The number of aryl methyl sites for hydroxylation is 1. The van der Waals surface area contributed by atoms with E-state index in [9.17, 15) is 0 Å². The maximum Gasteiger partial charge on any atom is 0.161 e. The quantitative estimate of drug-likeness (QED) is 0.495. The molecule has 0 amide bonds. The van der Waals surface area contributed by atoms with Gasteiger partial charge in [-0.3, -0.25) is 4.98 Å². The van der Waals surface area contributed by atoms with Crippen LogP contribution in [0.25, 0.3) is 11.3 Å². The maximum absolute atomic E-state index is 6.43. The normalized spacial score (nSPS) is 23.3. The summed E-state index contributed by atoms with van der Waals surface area (Å²) in [6, 6.07) is 16.5. The Morgan fingerprint density at radius 2 is 2.10 bits per heavy atom. The molecule has 6 heteroatoms. The second-order valence-corrected chi connectivity index (χ2v) is 8.92. The standard InChI is InChI=1S/C23H22ClN3OS/c1-3-16-13-29-23-26-21(18-6-4-5-11-25-18)22(27(16)23)20-10-9-19(28-20)17-12-15(24)8-7-14(17)2/h4-12,16,21-22H,3,13H2,1-2H3/t16-,21-,22+/m0/s1. The summed E-state index contributed by atoms with van der Waals surface area (Å²) in [6.45, 7) is 4.31. The zero-order valence-electron chi connectivity index (χ0n) is 16.4. The van der Waals surface area contributed by atoms with Crippen LogP contribution >= 0.6 is 23.4 Å². The fourth-order valence-electron chi connectivity index (χ4n) is 4.18. The number of fused-ring (bicyclic) bond motifs is 1. The van der Waals surface area contributed by atoms with E-state index in [1.54, 1.807) is 0 Å². The number of aromatic nitrogens is 1. The summed E-state index contributed by atoms with van der Waals surface area (Å²) in [5.41, 5.74) is 3.15. The Morgan fingerprint density at radius 3 is 2.90 bits per heavy atom. The molecule has 0 spiro atoms. The minimum absolute atomic E-state index is 0.0214. The lowest BCUT2D eigenvalue weighted by Gasteiger charge is -2.30. The van der Waals surface area contributed by atoms with Crippen LogP contribution in [-0.4, -0.2) is 26.8 Å². The zero-order valence-corrected chi connectivity index (χ0v) is 18.0. The van der Waals surface area contributed by atoms with Crippen LogP contribution in [0.5, 0.6) is 0 Å². The molecule has 29 heavy (non-hydrogen) atoms. The Balaban J connectivity index is 1.57. The highest BCUT2D eigenvalue weighted by Crippen LogP contribution is 2.49. The number of aliphatic imine (C=N–C) groups is 1. The van der Waals surface area contributed by atoms with Crippen molar-refractivity contribution in [2.24, 2.45) is 4.99 Å². The number of halogens is 1. The van der Waals surface area contributed by atoms with Gasteiger partial charge in [0.1, 0.15) is 23.6 Å². The van der Waals surface area contributed by atoms with Gasteiger partial charge in [0.2, 0.25) is 0 Å². The Morgan fingerprint density at radius 1 is 1.21 bits per heavy atom. The summed E-state index contributed by atoms with van der Waals surface area (Å²) in [6.07, 6.45) is 2.92. The van der Waals surface area contributed by atoms with Gasteiger partial charge in [-0.15, -0.1) is 0 Å². The minimum atomic E-state index is -0.0625. The van der Waals surface area contributed by atoms with Crippen molar-refractivity contribution in [1.29, 1.82) is 0 Å². The van der Waals surface area contributed by atoms with Gasteiger partial charge in [-0.25, -0.2) is 4.99 Å². The van der Waals surface area contributed by atoms with Gasteiger partial charge >= 0.3 is 0 Å². The van der Waals surface area contributed by atoms with Crippen molar-refractivity contribution in [3.05, 3.63) is 76.8 Å². The zero-order chi connectivity index (χ0) is 20.0. The van der Waals surface area contributed by atoms with Gasteiger partial charge < -0.3 is 9.32 Å². The van der Waals surface area contributed by atoms with E-state index >= 15 is 0 Å². The molecular formula is C23H22ClN3OS. The molecule has 0 unspecified atom stereocenters. The number of nitrogens with zero attached hydrogens (tertiary/aromatic N) is 3. The highest BCUT2D eigenvalue weighted by Gasteiger charge is 2.46. The first kappa shape index (κ1) is 18.8. The number of amidine groups is 1. The van der Waals surface area contributed by atoms with Crippen molar-refractivity contribution in [3.8, 4) is 11.3 Å². The van der Waals surface area contributed by atoms with Crippen molar-refractivity contribution in [2.45, 2.75) is 38.4 Å². The van der Waals surface area contributed by atoms with E-state index in [1.165, 1.54) is 0 Å². The molecule has 3 aromatic rings. The first-order chi connectivity index (χ1) is 14.2. The maximum atomic E-state index is 6.43. The van der Waals surface area contributed by atoms with Gasteiger partial charge in [-0.1, -0.05) is 42.4 Å². The summed E-state index contributed by atoms with van der Waals surface area (Å²) in [5, 5.41) is 1.82. The molecule has 4 heterocycles. The van der Waals surface area contributed by atoms with Crippen LogP contribution in [0.4, 0.5) is 0 Å². The summed E-state index contributed by atoms with van der Waals surface area (Å²) < 4.78 is 6.43. The highest BCUT2D eigenvalue weighted by atomic mass is 35.5. The number of benzene rings is 1. The number of hydrogen-bond donors (Lipinski definition) is 0. The van der Waals surface area contributed by atoms with Gasteiger partial charge in [-0.05, 0) is 55.3 Å². The second-order valence-electron chi connectivity index (χ2n) is 7.50. The third kappa shape index (κ3) is 3.26. The fourth-order valence-corrected chi connectivity index (χ4v) is 5.69. The molecule has 0 bridgehead atoms. The van der Waals surface area contributed by atoms with E-state index in [-0.39, 0.29) is 12.1 Å². The van der Waals surface area contributed by atoms with Crippen molar-refractivity contribution in [2.75, 3.05) is 5.75 Å². The van der Waals surface area contributed by atoms with Crippen LogP contribution < -0.4 is 0 Å². The van der Waals surface area contributed by atoms with Gasteiger partial charge in [0.05, 0.1) is 5.69 Å². The van der Waals surface area contributed by atoms with Gasteiger partial charge in [0.25, 0.3) is 0 Å². The molecule has 2 aliphatic heterocycles. The van der Waals surface area contributed by atoms with Crippen LogP contribution in [0.3, 0.4) is 0 Å². The highest BCUT2D eigenvalue weighted by molar-refractivity contribution is 8.14. The van der Waals surface area contributed by atoms with Crippen molar-refractivity contribution in [1.82, 2.24) is 9.88 Å². The van der Waals surface area contributed by atoms with Crippen LogP contribution in [0.15, 0.2) is 64.1 Å². The molecule has 1 fully saturated rings. The number of thioether (sulfide) groups is 1. The van der Waals surface area contributed by atoms with E-state index in [0.717, 1.165) is 45.7 Å². The predicted octanol–water partition coefficient (Wildman–Crippen LogP) is 6.28. The molecule has 0 aliphatic carbocycles. The number of hydrogen-bond acceptors (Lipinski definition) is 5. The number of rotatable bonds is 4. The molecule has 0 radical (unpaired) electrons. The third-order valence-corrected chi connectivity index (χ3v) is 7.07. The molecule has 2 aromatic heterocycles. The summed E-state index contributed by atoms with van der Waals surface area (Å²) in [5.74, 6) is 2.84. The SMILES string of the molecule is CC[C@H]1CSC2=N[C@@H](c3ccccn3)[C@@H](c3ccc(-c4cc(Cl)ccc4C)o3)N21. The number of furan rings is 1. The van der Waals surface area contributed by atoms with Crippen LogP contribution in [0.2, 0.25) is 5.02 Å². The van der Waals surface area contributed by atoms with E-state index in [2.05, 4.69) is 35.9 Å². The lowest BCUT2D eigenvalue weighted by atomic mass is 10.0.